The second kappa shape index (κ2) is 5.17. The number of rotatable bonds is 4. The van der Waals surface area contributed by atoms with E-state index in [1.54, 1.807) is 0 Å². The minimum Gasteiger partial charge on any atom is -0.374 e. The summed E-state index contributed by atoms with van der Waals surface area (Å²) in [5.74, 6) is 1.44. The van der Waals surface area contributed by atoms with Crippen LogP contribution in [0.2, 0.25) is 0 Å². The van der Waals surface area contributed by atoms with Gasteiger partial charge in [-0.05, 0) is 58.7 Å². The molecule has 0 aromatic carbocycles. The van der Waals surface area contributed by atoms with E-state index in [0.717, 1.165) is 36.6 Å². The zero-order valence-electron chi connectivity index (χ0n) is 12.1. The second-order valence-corrected chi connectivity index (χ2v) is 5.80. The van der Waals surface area contributed by atoms with Gasteiger partial charge in [0.15, 0.2) is 0 Å². The predicted octanol–water partition coefficient (Wildman–Crippen LogP) is 1.89. The van der Waals surface area contributed by atoms with Crippen molar-refractivity contribution in [1.29, 1.82) is 0 Å². The first-order valence-corrected chi connectivity index (χ1v) is 7.33. The number of hydrogen-bond acceptors (Lipinski definition) is 4. The first-order chi connectivity index (χ1) is 9.19. The number of fused-ring (bicyclic) bond motifs is 2. The lowest BCUT2D eigenvalue weighted by molar-refractivity contribution is 0.0998. The molecule has 4 nitrogen and oxygen atoms in total. The van der Waals surface area contributed by atoms with E-state index < -0.39 is 0 Å². The Labute approximate surface area is 115 Å². The molecule has 0 spiro atoms. The van der Waals surface area contributed by atoms with Gasteiger partial charge in [0, 0.05) is 17.3 Å². The van der Waals surface area contributed by atoms with Gasteiger partial charge in [-0.3, -0.25) is 0 Å². The van der Waals surface area contributed by atoms with Crippen LogP contribution in [0.1, 0.15) is 48.0 Å². The van der Waals surface area contributed by atoms with Gasteiger partial charge in [0.05, 0.1) is 12.2 Å². The molecule has 0 aliphatic carbocycles. The summed E-state index contributed by atoms with van der Waals surface area (Å²) in [6, 6.07) is 0. The molecule has 0 saturated carbocycles. The molecule has 3 unspecified atom stereocenters. The summed E-state index contributed by atoms with van der Waals surface area (Å²) in [5, 5.41) is 3.19. The number of ether oxygens (including phenoxy) is 1. The summed E-state index contributed by atoms with van der Waals surface area (Å²) in [7, 11) is 1.98. The SMILES string of the molecule is CNCCc1c(C)nc(C2CC3CCC2O3)nc1C. The van der Waals surface area contributed by atoms with E-state index in [9.17, 15) is 0 Å². The summed E-state index contributed by atoms with van der Waals surface area (Å²) in [6.07, 6.45) is 5.34. The first kappa shape index (κ1) is 13.0. The van der Waals surface area contributed by atoms with Crippen molar-refractivity contribution in [3.8, 4) is 0 Å². The number of aryl methyl sites for hydroxylation is 2. The van der Waals surface area contributed by atoms with Crippen LogP contribution in [0.5, 0.6) is 0 Å². The summed E-state index contributed by atoms with van der Waals surface area (Å²) < 4.78 is 5.92. The average Bonchev–Trinajstić information content (AvgIpc) is 3.00. The summed E-state index contributed by atoms with van der Waals surface area (Å²) >= 11 is 0. The Hall–Kier alpha value is -1.00. The smallest absolute Gasteiger partial charge is 0.134 e. The summed E-state index contributed by atoms with van der Waals surface area (Å²) in [4.78, 5) is 9.54. The lowest BCUT2D eigenvalue weighted by atomic mass is 9.88. The van der Waals surface area contributed by atoms with Crippen LogP contribution in [0, 0.1) is 13.8 Å². The highest BCUT2D eigenvalue weighted by Crippen LogP contribution is 2.43. The third-order valence-corrected chi connectivity index (χ3v) is 4.50. The molecule has 1 aromatic heterocycles. The number of likely N-dealkylation sites (N-methyl/N-ethyl adjacent to an activating group) is 1. The third kappa shape index (κ3) is 2.39. The molecule has 104 valence electrons. The van der Waals surface area contributed by atoms with Crippen molar-refractivity contribution in [2.24, 2.45) is 0 Å². The molecule has 2 saturated heterocycles. The van der Waals surface area contributed by atoms with Gasteiger partial charge >= 0.3 is 0 Å². The minimum absolute atomic E-state index is 0.368. The maximum Gasteiger partial charge on any atom is 0.134 e. The number of nitrogens with zero attached hydrogens (tertiary/aromatic N) is 2. The fraction of sp³-hybridized carbons (Fsp3) is 0.733. The van der Waals surface area contributed by atoms with Gasteiger partial charge in [0.1, 0.15) is 5.82 Å². The normalized spacial score (nSPS) is 29.1. The van der Waals surface area contributed by atoms with Crippen molar-refractivity contribution in [3.63, 3.8) is 0 Å². The van der Waals surface area contributed by atoms with Crippen molar-refractivity contribution >= 4 is 0 Å². The second-order valence-electron chi connectivity index (χ2n) is 5.80. The van der Waals surface area contributed by atoms with Crippen LogP contribution in [0.25, 0.3) is 0 Å². The molecular weight excluding hydrogens is 238 g/mol. The predicted molar refractivity (Wildman–Crippen MR) is 74.4 cm³/mol. The van der Waals surface area contributed by atoms with Crippen LogP contribution in [-0.4, -0.2) is 35.8 Å². The molecule has 2 aliphatic rings. The molecular formula is C15H23N3O. The number of hydrogen-bond donors (Lipinski definition) is 1. The Morgan fingerprint density at radius 3 is 2.47 bits per heavy atom. The Bertz CT molecular complexity index is 451. The van der Waals surface area contributed by atoms with Crippen molar-refractivity contribution in [3.05, 3.63) is 22.8 Å². The zero-order chi connectivity index (χ0) is 13.4. The Morgan fingerprint density at radius 1 is 1.21 bits per heavy atom. The van der Waals surface area contributed by atoms with Crippen LogP contribution >= 0.6 is 0 Å². The van der Waals surface area contributed by atoms with Crippen LogP contribution in [0.3, 0.4) is 0 Å². The lowest BCUT2D eigenvalue weighted by Gasteiger charge is -2.19. The molecule has 2 aliphatic heterocycles. The fourth-order valence-electron chi connectivity index (χ4n) is 3.45. The van der Waals surface area contributed by atoms with E-state index in [2.05, 4.69) is 19.2 Å². The van der Waals surface area contributed by atoms with E-state index in [0.29, 0.717) is 18.1 Å². The average molecular weight is 261 g/mol. The molecule has 19 heavy (non-hydrogen) atoms. The van der Waals surface area contributed by atoms with Crippen molar-refractivity contribution < 1.29 is 4.74 Å². The van der Waals surface area contributed by atoms with Gasteiger partial charge in [-0.15, -0.1) is 0 Å². The fourth-order valence-corrected chi connectivity index (χ4v) is 3.45. The Balaban J connectivity index is 1.84. The molecule has 0 radical (unpaired) electrons. The van der Waals surface area contributed by atoms with Gasteiger partial charge in [0.25, 0.3) is 0 Å². The highest BCUT2D eigenvalue weighted by Gasteiger charge is 2.43. The van der Waals surface area contributed by atoms with Crippen molar-refractivity contribution in [1.82, 2.24) is 15.3 Å². The standard InChI is InChI=1S/C15H23N3O/c1-9-12(6-7-16-3)10(2)18-15(17-9)13-8-11-4-5-14(13)19-11/h11,13-14,16H,4-8H2,1-3H3. The molecule has 3 rings (SSSR count). The third-order valence-electron chi connectivity index (χ3n) is 4.50. The zero-order valence-corrected chi connectivity index (χ0v) is 12.1. The quantitative estimate of drug-likeness (QED) is 0.899. The monoisotopic (exact) mass is 261 g/mol. The van der Waals surface area contributed by atoms with Crippen molar-refractivity contribution in [2.45, 2.75) is 57.7 Å². The highest BCUT2D eigenvalue weighted by atomic mass is 16.5. The van der Waals surface area contributed by atoms with E-state index in [1.165, 1.54) is 18.4 Å². The van der Waals surface area contributed by atoms with Crippen LogP contribution in [-0.2, 0) is 11.2 Å². The van der Waals surface area contributed by atoms with E-state index in [-0.39, 0.29) is 0 Å². The largest absolute Gasteiger partial charge is 0.374 e. The Kier molecular flexibility index (Phi) is 3.54. The molecule has 1 N–H and O–H groups in total. The van der Waals surface area contributed by atoms with Gasteiger partial charge in [-0.25, -0.2) is 9.97 Å². The van der Waals surface area contributed by atoms with Crippen molar-refractivity contribution in [2.75, 3.05) is 13.6 Å². The molecule has 3 atom stereocenters. The molecule has 1 aromatic rings. The first-order valence-electron chi connectivity index (χ1n) is 7.33. The van der Waals surface area contributed by atoms with Gasteiger partial charge < -0.3 is 10.1 Å². The van der Waals surface area contributed by atoms with E-state index in [1.807, 2.05) is 7.05 Å². The van der Waals surface area contributed by atoms with Crippen LogP contribution < -0.4 is 5.32 Å². The maximum atomic E-state index is 5.92. The topological polar surface area (TPSA) is 47.0 Å². The van der Waals surface area contributed by atoms with Gasteiger partial charge in [-0.2, -0.15) is 0 Å². The van der Waals surface area contributed by atoms with Gasteiger partial charge in [0.2, 0.25) is 0 Å². The molecule has 4 heteroatoms. The minimum atomic E-state index is 0.368. The highest BCUT2D eigenvalue weighted by molar-refractivity contribution is 5.26. The number of nitrogens with one attached hydrogen (secondary N) is 1. The lowest BCUT2D eigenvalue weighted by Crippen LogP contribution is -2.20. The summed E-state index contributed by atoms with van der Waals surface area (Å²) in [6.45, 7) is 5.19. The van der Waals surface area contributed by atoms with Gasteiger partial charge in [-0.1, -0.05) is 0 Å². The van der Waals surface area contributed by atoms with Crippen LogP contribution in [0.15, 0.2) is 0 Å². The molecule has 2 bridgehead atoms. The molecule has 2 fully saturated rings. The van der Waals surface area contributed by atoms with E-state index in [4.69, 9.17) is 14.7 Å². The summed E-state index contributed by atoms with van der Waals surface area (Å²) in [5.41, 5.74) is 3.57. The molecule has 0 amide bonds. The molecule has 3 heterocycles. The van der Waals surface area contributed by atoms with Crippen LogP contribution in [0.4, 0.5) is 0 Å². The maximum absolute atomic E-state index is 5.92. The number of aromatic nitrogens is 2. The Morgan fingerprint density at radius 2 is 1.95 bits per heavy atom. The van der Waals surface area contributed by atoms with E-state index >= 15 is 0 Å².